The first-order chi connectivity index (χ1) is 13.7. The molecule has 1 heterocycles. The van der Waals surface area contributed by atoms with E-state index < -0.39 is 10.9 Å². The number of carbonyl (C=O) groups is 1. The van der Waals surface area contributed by atoms with Gasteiger partial charge in [-0.25, -0.2) is 4.79 Å². The van der Waals surface area contributed by atoms with Gasteiger partial charge in [-0.15, -0.1) is 0 Å². The van der Waals surface area contributed by atoms with Crippen molar-refractivity contribution in [2.24, 2.45) is 4.99 Å². The second-order valence-corrected chi connectivity index (χ2v) is 6.66. The molecule has 8 heteroatoms. The molecule has 0 spiro atoms. The fourth-order valence-electron chi connectivity index (χ4n) is 3.20. The number of carboxylic acids is 1. The van der Waals surface area contributed by atoms with Gasteiger partial charge in [0.1, 0.15) is 11.4 Å². The molecule has 0 saturated carbocycles. The Morgan fingerprint density at radius 2 is 1.86 bits per heavy atom. The number of carboxylic acid groups (broad SMARTS) is 1. The molecule has 0 aliphatic heterocycles. The van der Waals surface area contributed by atoms with Crippen molar-refractivity contribution in [3.05, 3.63) is 80.7 Å². The van der Waals surface area contributed by atoms with Crippen LogP contribution in [-0.2, 0) is 0 Å². The predicted molar refractivity (Wildman–Crippen MR) is 109 cm³/mol. The van der Waals surface area contributed by atoms with E-state index in [1.807, 2.05) is 31.4 Å². The maximum absolute atomic E-state index is 11.2. The first-order valence-electron chi connectivity index (χ1n) is 8.73. The molecule has 0 aliphatic carbocycles. The van der Waals surface area contributed by atoms with Crippen molar-refractivity contribution in [3.8, 4) is 11.4 Å². The summed E-state index contributed by atoms with van der Waals surface area (Å²) in [6, 6.07) is 10.5. The molecule has 3 rings (SSSR count). The SMILES string of the molecule is Cc1cc(C(=O)O)ccc1-n1c(C)cc(C=Nc2cc([N+](=O)[O-])ccc2O)c1C. The Balaban J connectivity index is 2.01. The van der Waals surface area contributed by atoms with Crippen molar-refractivity contribution >= 4 is 23.6 Å². The van der Waals surface area contributed by atoms with Crippen molar-refractivity contribution in [2.45, 2.75) is 20.8 Å². The van der Waals surface area contributed by atoms with Crippen LogP contribution < -0.4 is 0 Å². The molecule has 8 nitrogen and oxygen atoms in total. The standard InChI is InChI=1S/C21H19N3O5/c1-12-8-15(21(26)27)4-6-19(12)23-13(2)9-16(14(23)3)11-22-18-10-17(24(28)29)5-7-20(18)25/h4-11,25H,1-3H3,(H,26,27). The van der Waals surface area contributed by atoms with Gasteiger partial charge in [-0.3, -0.25) is 15.1 Å². The van der Waals surface area contributed by atoms with Crippen LogP contribution in [0.4, 0.5) is 11.4 Å². The third-order valence-electron chi connectivity index (χ3n) is 4.67. The van der Waals surface area contributed by atoms with Crippen LogP contribution in [0.15, 0.2) is 47.5 Å². The van der Waals surface area contributed by atoms with Gasteiger partial charge < -0.3 is 14.8 Å². The number of aliphatic imine (C=N–C) groups is 1. The Labute approximate surface area is 166 Å². The lowest BCUT2D eigenvalue weighted by Crippen LogP contribution is -2.04. The number of rotatable bonds is 5. The lowest BCUT2D eigenvalue weighted by atomic mass is 10.1. The summed E-state index contributed by atoms with van der Waals surface area (Å²) >= 11 is 0. The van der Waals surface area contributed by atoms with Crippen LogP contribution in [-0.4, -0.2) is 31.9 Å². The lowest BCUT2D eigenvalue weighted by Gasteiger charge is -2.13. The van der Waals surface area contributed by atoms with Gasteiger partial charge in [0.15, 0.2) is 0 Å². The van der Waals surface area contributed by atoms with Gasteiger partial charge in [-0.1, -0.05) is 0 Å². The summed E-state index contributed by atoms with van der Waals surface area (Å²) in [6.07, 6.45) is 1.54. The summed E-state index contributed by atoms with van der Waals surface area (Å²) in [5, 5.41) is 30.0. The van der Waals surface area contributed by atoms with Gasteiger partial charge in [0.25, 0.3) is 5.69 Å². The van der Waals surface area contributed by atoms with Crippen molar-refractivity contribution in [2.75, 3.05) is 0 Å². The van der Waals surface area contributed by atoms with Crippen LogP contribution in [0.1, 0.15) is 32.9 Å². The number of phenolic OH excluding ortho intramolecular Hbond substituents is 1. The second-order valence-electron chi connectivity index (χ2n) is 6.66. The molecule has 0 aliphatic rings. The largest absolute Gasteiger partial charge is 0.506 e. The molecule has 148 valence electrons. The molecule has 0 radical (unpaired) electrons. The molecule has 0 amide bonds. The molecular formula is C21H19N3O5. The van der Waals surface area contributed by atoms with E-state index >= 15 is 0 Å². The zero-order chi connectivity index (χ0) is 21.3. The van der Waals surface area contributed by atoms with Crippen LogP contribution in [0.3, 0.4) is 0 Å². The molecule has 0 bridgehead atoms. The summed E-state index contributed by atoms with van der Waals surface area (Å²) in [5.41, 5.74) is 4.38. The number of aromatic nitrogens is 1. The van der Waals surface area contributed by atoms with Crippen molar-refractivity contribution in [3.63, 3.8) is 0 Å². The van der Waals surface area contributed by atoms with E-state index in [1.54, 1.807) is 24.4 Å². The molecule has 3 aromatic rings. The predicted octanol–water partition coefficient (Wildman–Crippen LogP) is 4.47. The van der Waals surface area contributed by atoms with Gasteiger partial charge in [0.2, 0.25) is 0 Å². The van der Waals surface area contributed by atoms with E-state index in [2.05, 4.69) is 4.99 Å². The summed E-state index contributed by atoms with van der Waals surface area (Å²) in [6.45, 7) is 5.65. The maximum Gasteiger partial charge on any atom is 0.335 e. The Bertz CT molecular complexity index is 1160. The minimum atomic E-state index is -0.981. The van der Waals surface area contributed by atoms with Crippen LogP contribution in [0, 0.1) is 30.9 Å². The van der Waals surface area contributed by atoms with Crippen molar-refractivity contribution in [1.29, 1.82) is 0 Å². The van der Waals surface area contributed by atoms with E-state index in [0.29, 0.717) is 0 Å². The molecule has 2 aromatic carbocycles. The Hall–Kier alpha value is -3.94. The van der Waals surface area contributed by atoms with Crippen LogP contribution in [0.25, 0.3) is 5.69 Å². The highest BCUT2D eigenvalue weighted by molar-refractivity contribution is 5.88. The third kappa shape index (κ3) is 3.86. The monoisotopic (exact) mass is 393 g/mol. The molecule has 2 N–H and O–H groups in total. The number of nitro benzene ring substituents is 1. The smallest absolute Gasteiger partial charge is 0.335 e. The summed E-state index contributed by atoms with van der Waals surface area (Å²) in [4.78, 5) is 25.8. The Morgan fingerprint density at radius 1 is 1.14 bits per heavy atom. The van der Waals surface area contributed by atoms with Gasteiger partial charge >= 0.3 is 5.97 Å². The van der Waals surface area contributed by atoms with Gasteiger partial charge in [0, 0.05) is 41.0 Å². The number of benzene rings is 2. The van der Waals surface area contributed by atoms with E-state index in [4.69, 9.17) is 5.11 Å². The highest BCUT2D eigenvalue weighted by atomic mass is 16.6. The molecule has 1 aromatic heterocycles. The lowest BCUT2D eigenvalue weighted by molar-refractivity contribution is -0.384. The molecular weight excluding hydrogens is 374 g/mol. The van der Waals surface area contributed by atoms with Crippen LogP contribution in [0.5, 0.6) is 5.75 Å². The second kappa shape index (κ2) is 7.59. The molecule has 0 atom stereocenters. The molecule has 0 fully saturated rings. The average Bonchev–Trinajstić information content (AvgIpc) is 2.94. The van der Waals surface area contributed by atoms with Crippen LogP contribution >= 0.6 is 0 Å². The summed E-state index contributed by atoms with van der Waals surface area (Å²) in [5.74, 6) is -1.13. The maximum atomic E-state index is 11.2. The number of aromatic hydroxyl groups is 1. The Morgan fingerprint density at radius 3 is 2.48 bits per heavy atom. The Kier molecular flexibility index (Phi) is 5.18. The minimum Gasteiger partial charge on any atom is -0.506 e. The molecule has 29 heavy (non-hydrogen) atoms. The van der Waals surface area contributed by atoms with E-state index in [1.165, 1.54) is 18.2 Å². The fraction of sp³-hybridized carbons (Fsp3) is 0.143. The van der Waals surface area contributed by atoms with Crippen LogP contribution in [0.2, 0.25) is 0 Å². The van der Waals surface area contributed by atoms with Crippen molar-refractivity contribution < 1.29 is 19.9 Å². The number of aryl methyl sites for hydroxylation is 2. The third-order valence-corrected chi connectivity index (χ3v) is 4.67. The highest BCUT2D eigenvalue weighted by Crippen LogP contribution is 2.31. The number of non-ortho nitro benzene ring substituents is 1. The molecule has 0 saturated heterocycles. The number of nitro groups is 1. The highest BCUT2D eigenvalue weighted by Gasteiger charge is 2.14. The first kappa shape index (κ1) is 19.8. The number of aromatic carboxylic acids is 1. The first-order valence-corrected chi connectivity index (χ1v) is 8.73. The number of hydrogen-bond acceptors (Lipinski definition) is 5. The summed E-state index contributed by atoms with van der Waals surface area (Å²) in [7, 11) is 0. The number of hydrogen-bond donors (Lipinski definition) is 2. The normalized spacial score (nSPS) is 11.1. The topological polar surface area (TPSA) is 118 Å². The zero-order valence-electron chi connectivity index (χ0n) is 16.1. The van der Waals surface area contributed by atoms with Gasteiger partial charge in [-0.05, 0) is 56.7 Å². The number of phenols is 1. The van der Waals surface area contributed by atoms with E-state index in [9.17, 15) is 20.0 Å². The minimum absolute atomic E-state index is 0.103. The average molecular weight is 393 g/mol. The quantitative estimate of drug-likeness (QED) is 0.377. The fourth-order valence-corrected chi connectivity index (χ4v) is 3.20. The zero-order valence-corrected chi connectivity index (χ0v) is 16.1. The molecule has 0 unspecified atom stereocenters. The van der Waals surface area contributed by atoms with E-state index in [-0.39, 0.29) is 22.7 Å². The van der Waals surface area contributed by atoms with E-state index in [0.717, 1.165) is 28.2 Å². The van der Waals surface area contributed by atoms with Gasteiger partial charge in [0.05, 0.1) is 10.5 Å². The van der Waals surface area contributed by atoms with Gasteiger partial charge in [-0.2, -0.15) is 0 Å². The summed E-state index contributed by atoms with van der Waals surface area (Å²) < 4.78 is 1.98. The van der Waals surface area contributed by atoms with Crippen molar-refractivity contribution in [1.82, 2.24) is 4.57 Å². The number of nitrogens with zero attached hydrogens (tertiary/aromatic N) is 3.